The first kappa shape index (κ1) is 15.8. The van der Waals surface area contributed by atoms with Crippen LogP contribution in [0.25, 0.3) is 0 Å². The van der Waals surface area contributed by atoms with E-state index >= 15 is 0 Å². The van der Waals surface area contributed by atoms with Crippen LogP contribution in [0, 0.1) is 18.3 Å². The zero-order valence-corrected chi connectivity index (χ0v) is 13.2. The molecule has 0 aliphatic carbocycles. The molecule has 124 valence electrons. The lowest BCUT2D eigenvalue weighted by Crippen LogP contribution is -2.45. The third-order valence-electron chi connectivity index (χ3n) is 4.87. The normalized spacial score (nSPS) is 26.7. The number of rotatable bonds is 4. The van der Waals surface area contributed by atoms with Gasteiger partial charge in [0, 0.05) is 25.6 Å². The summed E-state index contributed by atoms with van der Waals surface area (Å²) >= 11 is 0. The highest BCUT2D eigenvalue weighted by atomic mass is 16.5. The molecule has 2 saturated heterocycles. The van der Waals surface area contributed by atoms with Crippen LogP contribution in [0.2, 0.25) is 0 Å². The van der Waals surface area contributed by atoms with Crippen LogP contribution < -0.4 is 4.74 Å². The predicted octanol–water partition coefficient (Wildman–Crippen LogP) is 1.32. The fourth-order valence-corrected chi connectivity index (χ4v) is 3.36. The number of ether oxygens (including phenoxy) is 2. The fraction of sp³-hybridized carbons (Fsp3) is 0.529. The maximum absolute atomic E-state index is 12.4. The summed E-state index contributed by atoms with van der Waals surface area (Å²) in [5.74, 6) is -0.518. The van der Waals surface area contributed by atoms with E-state index in [4.69, 9.17) is 9.47 Å². The van der Waals surface area contributed by atoms with Gasteiger partial charge in [-0.05, 0) is 25.5 Å². The second kappa shape index (κ2) is 6.20. The number of benzene rings is 1. The van der Waals surface area contributed by atoms with Gasteiger partial charge in [-0.25, -0.2) is 0 Å². The molecular formula is C17H21NO5. The number of hydrogen-bond donors (Lipinski definition) is 1. The van der Waals surface area contributed by atoms with Gasteiger partial charge in [-0.15, -0.1) is 0 Å². The molecule has 2 fully saturated rings. The summed E-state index contributed by atoms with van der Waals surface area (Å²) < 4.78 is 10.9. The number of fused-ring (bicyclic) bond motifs is 1. The molecule has 1 aromatic carbocycles. The molecule has 23 heavy (non-hydrogen) atoms. The van der Waals surface area contributed by atoms with Crippen molar-refractivity contribution in [1.82, 2.24) is 4.90 Å². The molecule has 0 radical (unpaired) electrons. The quantitative estimate of drug-likeness (QED) is 0.906. The third-order valence-corrected chi connectivity index (χ3v) is 4.87. The Kier molecular flexibility index (Phi) is 4.26. The van der Waals surface area contributed by atoms with E-state index in [1.165, 1.54) is 0 Å². The average molecular weight is 319 g/mol. The standard InChI is InChI=1S/C17H21NO5/c1-12-2-4-14(5-3-12)23-10-15(19)18-8-13-9-22-7-6-17(13,11-18)16(20)21/h2-5,13H,6-11H2,1H3,(H,20,21)/t13-,17+/m1/s1. The van der Waals surface area contributed by atoms with Crippen molar-refractivity contribution >= 4 is 11.9 Å². The molecule has 0 spiro atoms. The first-order chi connectivity index (χ1) is 11.0. The maximum atomic E-state index is 12.4. The number of carbonyl (C=O) groups is 2. The molecule has 1 amide bonds. The topological polar surface area (TPSA) is 76.1 Å². The molecule has 1 aromatic rings. The summed E-state index contributed by atoms with van der Waals surface area (Å²) in [4.78, 5) is 25.7. The molecule has 2 heterocycles. The van der Waals surface area contributed by atoms with Crippen molar-refractivity contribution < 1.29 is 24.2 Å². The van der Waals surface area contributed by atoms with Crippen LogP contribution in [-0.4, -0.2) is 54.8 Å². The minimum atomic E-state index is -0.863. The molecular weight excluding hydrogens is 298 g/mol. The second-order valence-electron chi connectivity index (χ2n) is 6.36. The van der Waals surface area contributed by atoms with Crippen molar-refractivity contribution in [2.45, 2.75) is 13.3 Å². The van der Waals surface area contributed by atoms with Crippen molar-refractivity contribution in [2.75, 3.05) is 32.9 Å². The highest BCUT2D eigenvalue weighted by Crippen LogP contribution is 2.42. The second-order valence-corrected chi connectivity index (χ2v) is 6.36. The Morgan fingerprint density at radius 3 is 2.78 bits per heavy atom. The van der Waals surface area contributed by atoms with Gasteiger partial charge in [0.25, 0.3) is 5.91 Å². The molecule has 3 rings (SSSR count). The van der Waals surface area contributed by atoms with Crippen LogP contribution in [0.3, 0.4) is 0 Å². The van der Waals surface area contributed by atoms with E-state index in [9.17, 15) is 14.7 Å². The van der Waals surface area contributed by atoms with Gasteiger partial charge in [-0.2, -0.15) is 0 Å². The van der Waals surface area contributed by atoms with Crippen molar-refractivity contribution in [3.05, 3.63) is 29.8 Å². The molecule has 2 aliphatic rings. The smallest absolute Gasteiger partial charge is 0.311 e. The number of carboxylic acid groups (broad SMARTS) is 1. The van der Waals surface area contributed by atoms with Crippen molar-refractivity contribution in [2.24, 2.45) is 11.3 Å². The first-order valence-electron chi connectivity index (χ1n) is 7.80. The van der Waals surface area contributed by atoms with Gasteiger partial charge in [0.05, 0.1) is 12.0 Å². The molecule has 6 nitrogen and oxygen atoms in total. The third kappa shape index (κ3) is 3.03. The van der Waals surface area contributed by atoms with Crippen LogP contribution >= 0.6 is 0 Å². The number of carboxylic acids is 1. The van der Waals surface area contributed by atoms with Crippen molar-refractivity contribution in [1.29, 1.82) is 0 Å². The maximum Gasteiger partial charge on any atom is 0.311 e. The molecule has 0 unspecified atom stereocenters. The summed E-state index contributed by atoms with van der Waals surface area (Å²) in [6.07, 6.45) is 0.454. The number of nitrogens with zero attached hydrogens (tertiary/aromatic N) is 1. The summed E-state index contributed by atoms with van der Waals surface area (Å²) in [7, 11) is 0. The molecule has 0 aromatic heterocycles. The summed E-state index contributed by atoms with van der Waals surface area (Å²) in [5.41, 5.74) is 0.258. The largest absolute Gasteiger partial charge is 0.484 e. The zero-order chi connectivity index (χ0) is 16.4. The highest BCUT2D eigenvalue weighted by Gasteiger charge is 2.54. The lowest BCUT2D eigenvalue weighted by molar-refractivity contribution is -0.157. The van der Waals surface area contributed by atoms with E-state index in [1.807, 2.05) is 31.2 Å². The number of carbonyl (C=O) groups excluding carboxylic acids is 1. The van der Waals surface area contributed by atoms with E-state index in [1.54, 1.807) is 4.90 Å². The Morgan fingerprint density at radius 1 is 1.39 bits per heavy atom. The van der Waals surface area contributed by atoms with Gasteiger partial charge < -0.3 is 19.5 Å². The molecule has 2 aliphatic heterocycles. The van der Waals surface area contributed by atoms with E-state index in [0.717, 1.165) is 5.56 Å². The Morgan fingerprint density at radius 2 is 2.13 bits per heavy atom. The van der Waals surface area contributed by atoms with Crippen LogP contribution in [0.5, 0.6) is 5.75 Å². The molecule has 1 N–H and O–H groups in total. The van der Waals surface area contributed by atoms with Crippen molar-refractivity contribution in [3.8, 4) is 5.75 Å². The summed E-state index contributed by atoms with van der Waals surface area (Å²) in [6.45, 7) is 3.40. The number of amides is 1. The number of likely N-dealkylation sites (tertiary alicyclic amines) is 1. The minimum absolute atomic E-state index is 0.0770. The highest BCUT2D eigenvalue weighted by molar-refractivity contribution is 5.82. The average Bonchev–Trinajstić information content (AvgIpc) is 2.95. The van der Waals surface area contributed by atoms with E-state index in [2.05, 4.69) is 0 Å². The predicted molar refractivity (Wildman–Crippen MR) is 82.2 cm³/mol. The SMILES string of the molecule is Cc1ccc(OCC(=O)N2C[C@@H]3COCC[C@]3(C(=O)O)C2)cc1. The van der Waals surface area contributed by atoms with Gasteiger partial charge in [-0.1, -0.05) is 17.7 Å². The fourth-order valence-electron chi connectivity index (χ4n) is 3.36. The van der Waals surface area contributed by atoms with Crippen LogP contribution in [0.15, 0.2) is 24.3 Å². The van der Waals surface area contributed by atoms with Gasteiger partial charge in [0.1, 0.15) is 5.75 Å². The molecule has 6 heteroatoms. The van der Waals surface area contributed by atoms with E-state index in [-0.39, 0.29) is 25.0 Å². The van der Waals surface area contributed by atoms with E-state index < -0.39 is 11.4 Å². The Bertz CT molecular complexity index is 600. The van der Waals surface area contributed by atoms with Crippen LogP contribution in [0.1, 0.15) is 12.0 Å². The first-order valence-corrected chi connectivity index (χ1v) is 7.80. The lowest BCUT2D eigenvalue weighted by atomic mass is 9.74. The molecule has 0 saturated carbocycles. The van der Waals surface area contributed by atoms with Crippen LogP contribution in [0.4, 0.5) is 0 Å². The van der Waals surface area contributed by atoms with Gasteiger partial charge >= 0.3 is 5.97 Å². The van der Waals surface area contributed by atoms with Gasteiger partial charge in [-0.3, -0.25) is 9.59 Å². The van der Waals surface area contributed by atoms with E-state index in [0.29, 0.717) is 31.9 Å². The Hall–Kier alpha value is -2.08. The van der Waals surface area contributed by atoms with Crippen LogP contribution in [-0.2, 0) is 14.3 Å². The monoisotopic (exact) mass is 319 g/mol. The number of aryl methyl sites for hydroxylation is 1. The van der Waals surface area contributed by atoms with Crippen molar-refractivity contribution in [3.63, 3.8) is 0 Å². The molecule has 2 atom stereocenters. The number of hydrogen-bond acceptors (Lipinski definition) is 4. The van der Waals surface area contributed by atoms with Gasteiger partial charge in [0.2, 0.25) is 0 Å². The Balaban J connectivity index is 1.62. The summed E-state index contributed by atoms with van der Waals surface area (Å²) in [5, 5.41) is 9.61. The minimum Gasteiger partial charge on any atom is -0.484 e. The molecule has 0 bridgehead atoms. The Labute approximate surface area is 135 Å². The summed E-state index contributed by atoms with van der Waals surface area (Å²) in [6, 6.07) is 7.47. The lowest BCUT2D eigenvalue weighted by Gasteiger charge is -2.33. The zero-order valence-electron chi connectivity index (χ0n) is 13.2. The number of aliphatic carboxylic acids is 1. The van der Waals surface area contributed by atoms with Gasteiger partial charge in [0.15, 0.2) is 6.61 Å².